The minimum atomic E-state index is 0.862. The van der Waals surface area contributed by atoms with Crippen molar-refractivity contribution < 1.29 is 4.74 Å². The van der Waals surface area contributed by atoms with E-state index in [-0.39, 0.29) is 0 Å². The van der Waals surface area contributed by atoms with Gasteiger partial charge in [0.05, 0.1) is 11.4 Å². The fourth-order valence-electron chi connectivity index (χ4n) is 2.75. The molecule has 1 fully saturated rings. The molecule has 0 unspecified atom stereocenters. The first-order valence-electron chi connectivity index (χ1n) is 6.89. The van der Waals surface area contributed by atoms with Crippen molar-refractivity contribution in [1.82, 2.24) is 0 Å². The first-order valence-corrected chi connectivity index (χ1v) is 6.89. The Morgan fingerprint density at radius 3 is 2.67 bits per heavy atom. The lowest BCUT2D eigenvalue weighted by Gasteiger charge is -2.34. The Bertz CT molecular complexity index is 359. The minimum absolute atomic E-state index is 0.862. The second kappa shape index (κ2) is 6.64. The maximum absolute atomic E-state index is 6.03. The Kier molecular flexibility index (Phi) is 4.88. The zero-order valence-electron chi connectivity index (χ0n) is 11.3. The van der Waals surface area contributed by atoms with Crippen molar-refractivity contribution in [3.8, 4) is 0 Å². The van der Waals surface area contributed by atoms with Crippen molar-refractivity contribution in [3.63, 3.8) is 0 Å². The summed E-state index contributed by atoms with van der Waals surface area (Å²) in [4.78, 5) is 2.42. The standard InChI is InChI=1S/C15H24N2O/c1-18-12-4-5-13-8-10-17(11-9-13)15-7-3-2-6-14(15)16/h2-3,6-7,13H,4-5,8-12,16H2,1H3. The molecule has 0 bridgehead atoms. The smallest absolute Gasteiger partial charge is 0.0599 e. The van der Waals surface area contributed by atoms with E-state index < -0.39 is 0 Å². The Hall–Kier alpha value is -1.22. The van der Waals surface area contributed by atoms with Crippen LogP contribution in [0.3, 0.4) is 0 Å². The van der Waals surface area contributed by atoms with Gasteiger partial charge in [-0.3, -0.25) is 0 Å². The fraction of sp³-hybridized carbons (Fsp3) is 0.600. The highest BCUT2D eigenvalue weighted by molar-refractivity contribution is 5.67. The topological polar surface area (TPSA) is 38.5 Å². The van der Waals surface area contributed by atoms with Gasteiger partial charge in [0.25, 0.3) is 0 Å². The second-order valence-corrected chi connectivity index (χ2v) is 5.12. The van der Waals surface area contributed by atoms with Crippen LogP contribution in [-0.4, -0.2) is 26.8 Å². The number of anilines is 2. The molecular formula is C15H24N2O. The summed E-state index contributed by atoms with van der Waals surface area (Å²) in [6, 6.07) is 8.17. The third-order valence-electron chi connectivity index (χ3n) is 3.85. The molecule has 1 aliphatic heterocycles. The molecule has 18 heavy (non-hydrogen) atoms. The Morgan fingerprint density at radius 2 is 2.00 bits per heavy atom. The normalized spacial score (nSPS) is 17.1. The molecule has 3 nitrogen and oxygen atoms in total. The largest absolute Gasteiger partial charge is 0.397 e. The molecule has 100 valence electrons. The van der Waals surface area contributed by atoms with Gasteiger partial charge in [0.1, 0.15) is 0 Å². The summed E-state index contributed by atoms with van der Waals surface area (Å²) in [7, 11) is 1.78. The van der Waals surface area contributed by atoms with Gasteiger partial charge >= 0.3 is 0 Å². The van der Waals surface area contributed by atoms with Gasteiger partial charge in [0.2, 0.25) is 0 Å². The summed E-state index contributed by atoms with van der Waals surface area (Å²) in [6.45, 7) is 3.16. The molecule has 0 amide bonds. The molecular weight excluding hydrogens is 224 g/mol. The predicted octanol–water partition coefficient (Wildman–Crippen LogP) is 2.91. The van der Waals surface area contributed by atoms with Gasteiger partial charge in [0.15, 0.2) is 0 Å². The van der Waals surface area contributed by atoms with E-state index in [2.05, 4.69) is 17.0 Å². The van der Waals surface area contributed by atoms with Gasteiger partial charge in [-0.2, -0.15) is 0 Å². The number of hydrogen-bond acceptors (Lipinski definition) is 3. The molecule has 2 N–H and O–H groups in total. The van der Waals surface area contributed by atoms with E-state index in [1.165, 1.54) is 31.4 Å². The maximum Gasteiger partial charge on any atom is 0.0599 e. The molecule has 1 aromatic carbocycles. The van der Waals surface area contributed by atoms with Gasteiger partial charge in [0, 0.05) is 26.8 Å². The van der Waals surface area contributed by atoms with Crippen molar-refractivity contribution in [2.24, 2.45) is 5.92 Å². The number of para-hydroxylation sites is 2. The second-order valence-electron chi connectivity index (χ2n) is 5.12. The summed E-state index contributed by atoms with van der Waals surface area (Å²) in [5, 5.41) is 0. The van der Waals surface area contributed by atoms with E-state index in [1.54, 1.807) is 7.11 Å². The maximum atomic E-state index is 6.03. The molecule has 1 saturated heterocycles. The summed E-state index contributed by atoms with van der Waals surface area (Å²) >= 11 is 0. The van der Waals surface area contributed by atoms with E-state index in [0.29, 0.717) is 0 Å². The van der Waals surface area contributed by atoms with Crippen molar-refractivity contribution in [1.29, 1.82) is 0 Å². The molecule has 0 aromatic heterocycles. The Morgan fingerprint density at radius 1 is 1.28 bits per heavy atom. The number of nitrogen functional groups attached to an aromatic ring is 1. The van der Waals surface area contributed by atoms with E-state index >= 15 is 0 Å². The van der Waals surface area contributed by atoms with Crippen molar-refractivity contribution in [2.45, 2.75) is 25.7 Å². The highest BCUT2D eigenvalue weighted by atomic mass is 16.5. The van der Waals surface area contributed by atoms with Crippen LogP contribution in [-0.2, 0) is 4.74 Å². The molecule has 0 atom stereocenters. The molecule has 1 aliphatic rings. The zero-order valence-corrected chi connectivity index (χ0v) is 11.3. The Labute approximate surface area is 110 Å². The van der Waals surface area contributed by atoms with Crippen LogP contribution in [0.15, 0.2) is 24.3 Å². The van der Waals surface area contributed by atoms with Crippen LogP contribution in [0.4, 0.5) is 11.4 Å². The molecule has 3 heteroatoms. The first kappa shape index (κ1) is 13.2. The van der Waals surface area contributed by atoms with E-state index in [4.69, 9.17) is 10.5 Å². The lowest BCUT2D eigenvalue weighted by atomic mass is 9.92. The molecule has 0 radical (unpaired) electrons. The number of methoxy groups -OCH3 is 1. The third-order valence-corrected chi connectivity index (χ3v) is 3.85. The number of benzene rings is 1. The van der Waals surface area contributed by atoms with Gasteiger partial charge < -0.3 is 15.4 Å². The molecule has 0 spiro atoms. The molecule has 0 saturated carbocycles. The van der Waals surface area contributed by atoms with Crippen molar-refractivity contribution in [3.05, 3.63) is 24.3 Å². The van der Waals surface area contributed by atoms with E-state index in [1.807, 2.05) is 12.1 Å². The van der Waals surface area contributed by atoms with Crippen LogP contribution in [0.25, 0.3) is 0 Å². The first-order chi connectivity index (χ1) is 8.81. The van der Waals surface area contributed by atoms with E-state index in [9.17, 15) is 0 Å². The summed E-state index contributed by atoms with van der Waals surface area (Å²) in [6.07, 6.45) is 5.04. The van der Waals surface area contributed by atoms with Gasteiger partial charge in [-0.25, -0.2) is 0 Å². The predicted molar refractivity (Wildman–Crippen MR) is 76.9 cm³/mol. The number of hydrogen-bond donors (Lipinski definition) is 1. The molecule has 0 aliphatic carbocycles. The van der Waals surface area contributed by atoms with Gasteiger partial charge in [-0.05, 0) is 43.7 Å². The van der Waals surface area contributed by atoms with Crippen LogP contribution in [0, 0.1) is 5.92 Å². The van der Waals surface area contributed by atoms with Crippen LogP contribution >= 0.6 is 0 Å². The van der Waals surface area contributed by atoms with E-state index in [0.717, 1.165) is 31.3 Å². The zero-order chi connectivity index (χ0) is 12.8. The SMILES string of the molecule is COCCCC1CCN(c2ccccc2N)CC1. The van der Waals surface area contributed by atoms with Crippen LogP contribution in [0.5, 0.6) is 0 Å². The quantitative estimate of drug-likeness (QED) is 0.643. The summed E-state index contributed by atoms with van der Waals surface area (Å²) in [5.41, 5.74) is 8.13. The lowest BCUT2D eigenvalue weighted by Crippen LogP contribution is -2.34. The summed E-state index contributed by atoms with van der Waals surface area (Å²) in [5.74, 6) is 0.862. The number of nitrogens with zero attached hydrogens (tertiary/aromatic N) is 1. The van der Waals surface area contributed by atoms with Gasteiger partial charge in [-0.1, -0.05) is 12.1 Å². The Balaban J connectivity index is 1.81. The highest BCUT2D eigenvalue weighted by Crippen LogP contribution is 2.29. The molecule has 1 heterocycles. The van der Waals surface area contributed by atoms with Crippen LogP contribution < -0.4 is 10.6 Å². The minimum Gasteiger partial charge on any atom is -0.397 e. The molecule has 1 aromatic rings. The summed E-state index contributed by atoms with van der Waals surface area (Å²) < 4.78 is 5.11. The number of rotatable bonds is 5. The van der Waals surface area contributed by atoms with Gasteiger partial charge in [-0.15, -0.1) is 0 Å². The lowest BCUT2D eigenvalue weighted by molar-refractivity contribution is 0.183. The average Bonchev–Trinajstić information content (AvgIpc) is 2.41. The number of nitrogens with two attached hydrogens (primary N) is 1. The number of ether oxygens (including phenoxy) is 1. The highest BCUT2D eigenvalue weighted by Gasteiger charge is 2.19. The monoisotopic (exact) mass is 248 g/mol. The average molecular weight is 248 g/mol. The third kappa shape index (κ3) is 3.39. The van der Waals surface area contributed by atoms with Crippen LogP contribution in [0.2, 0.25) is 0 Å². The number of piperidine rings is 1. The van der Waals surface area contributed by atoms with Crippen LogP contribution in [0.1, 0.15) is 25.7 Å². The van der Waals surface area contributed by atoms with Crippen molar-refractivity contribution in [2.75, 3.05) is 37.4 Å². The fourth-order valence-corrected chi connectivity index (χ4v) is 2.75. The molecule has 2 rings (SSSR count). The van der Waals surface area contributed by atoms with Crippen molar-refractivity contribution >= 4 is 11.4 Å².